The second-order valence-electron chi connectivity index (χ2n) is 4.88. The third-order valence-electron chi connectivity index (χ3n) is 3.54. The maximum Gasteiger partial charge on any atom is 0.220 e. The lowest BCUT2D eigenvalue weighted by molar-refractivity contribution is -0.659. The van der Waals surface area contributed by atoms with Crippen LogP contribution in [0.4, 0.5) is 0 Å². The molecule has 20 heavy (non-hydrogen) atoms. The molecule has 0 saturated carbocycles. The fourth-order valence-corrected chi connectivity index (χ4v) is 2.52. The molecule has 0 fully saturated rings. The van der Waals surface area contributed by atoms with Crippen LogP contribution in [0, 0.1) is 18.3 Å². The molecular formula is C17H14N3+. The summed E-state index contributed by atoms with van der Waals surface area (Å²) in [4.78, 5) is 4.16. The van der Waals surface area contributed by atoms with Gasteiger partial charge in [-0.05, 0) is 42.1 Å². The highest BCUT2D eigenvalue weighted by molar-refractivity contribution is 5.94. The minimum atomic E-state index is 0.684. The van der Waals surface area contributed by atoms with Gasteiger partial charge in [0.25, 0.3) is 0 Å². The number of aryl methyl sites for hydroxylation is 2. The van der Waals surface area contributed by atoms with Gasteiger partial charge in [0.05, 0.1) is 22.6 Å². The van der Waals surface area contributed by atoms with Crippen LogP contribution in [0.2, 0.25) is 0 Å². The van der Waals surface area contributed by atoms with Crippen molar-refractivity contribution < 1.29 is 4.57 Å². The molecule has 0 spiro atoms. The van der Waals surface area contributed by atoms with Gasteiger partial charge >= 0.3 is 0 Å². The summed E-state index contributed by atoms with van der Waals surface area (Å²) in [7, 11) is 2.03. The van der Waals surface area contributed by atoms with E-state index in [-0.39, 0.29) is 0 Å². The summed E-state index contributed by atoms with van der Waals surface area (Å²) in [6.07, 6.45) is 5.71. The molecule has 0 aliphatic carbocycles. The van der Waals surface area contributed by atoms with Crippen molar-refractivity contribution >= 4 is 10.8 Å². The highest BCUT2D eigenvalue weighted by atomic mass is 14.9. The Morgan fingerprint density at radius 1 is 1.20 bits per heavy atom. The summed E-state index contributed by atoms with van der Waals surface area (Å²) in [5.74, 6) is 0. The van der Waals surface area contributed by atoms with E-state index in [2.05, 4.69) is 22.5 Å². The van der Waals surface area contributed by atoms with Gasteiger partial charge in [0.15, 0.2) is 6.20 Å². The molecule has 1 aromatic carbocycles. The molecule has 3 nitrogen and oxygen atoms in total. The zero-order valence-electron chi connectivity index (χ0n) is 11.5. The van der Waals surface area contributed by atoms with Gasteiger partial charge in [-0.1, -0.05) is 0 Å². The third kappa shape index (κ3) is 1.92. The van der Waals surface area contributed by atoms with Gasteiger partial charge in [0.2, 0.25) is 5.69 Å². The average Bonchev–Trinajstić information content (AvgIpc) is 2.48. The van der Waals surface area contributed by atoms with E-state index in [4.69, 9.17) is 5.26 Å². The van der Waals surface area contributed by atoms with Gasteiger partial charge in [-0.2, -0.15) is 5.26 Å². The average molecular weight is 260 g/mol. The molecule has 2 heterocycles. The van der Waals surface area contributed by atoms with Crippen LogP contribution in [-0.4, -0.2) is 4.98 Å². The number of pyridine rings is 2. The Hall–Kier alpha value is -2.73. The van der Waals surface area contributed by atoms with Gasteiger partial charge < -0.3 is 0 Å². The van der Waals surface area contributed by atoms with Crippen molar-refractivity contribution in [3.05, 3.63) is 60.0 Å². The Morgan fingerprint density at radius 3 is 2.80 bits per heavy atom. The van der Waals surface area contributed by atoms with Crippen molar-refractivity contribution in [2.45, 2.75) is 6.92 Å². The number of benzene rings is 1. The largest absolute Gasteiger partial charge is 0.264 e. The smallest absolute Gasteiger partial charge is 0.220 e. The SMILES string of the molecule is Cc1cnccc1-c1c2ccc(C#N)cc2cc[n+]1C. The van der Waals surface area contributed by atoms with E-state index in [0.29, 0.717) is 5.56 Å². The van der Waals surface area contributed by atoms with Crippen LogP contribution in [0.25, 0.3) is 22.0 Å². The molecule has 0 N–H and O–H groups in total. The topological polar surface area (TPSA) is 40.6 Å². The Labute approximate surface area is 117 Å². The monoisotopic (exact) mass is 260 g/mol. The van der Waals surface area contributed by atoms with E-state index < -0.39 is 0 Å². The molecule has 0 saturated heterocycles. The van der Waals surface area contributed by atoms with E-state index in [1.165, 1.54) is 0 Å². The number of nitriles is 1. The molecule has 3 aromatic rings. The van der Waals surface area contributed by atoms with Gasteiger partial charge in [-0.15, -0.1) is 0 Å². The molecular weight excluding hydrogens is 246 g/mol. The summed E-state index contributed by atoms with van der Waals surface area (Å²) < 4.78 is 2.11. The molecule has 0 unspecified atom stereocenters. The molecule has 3 rings (SSSR count). The quantitative estimate of drug-likeness (QED) is 0.631. The Kier molecular flexibility index (Phi) is 2.92. The molecule has 0 aliphatic heterocycles. The first kappa shape index (κ1) is 12.3. The molecule has 0 amide bonds. The van der Waals surface area contributed by atoms with Crippen molar-refractivity contribution in [2.75, 3.05) is 0 Å². The molecule has 0 aliphatic rings. The minimum absolute atomic E-state index is 0.684. The first-order valence-corrected chi connectivity index (χ1v) is 6.44. The molecule has 2 aromatic heterocycles. The molecule has 96 valence electrons. The van der Waals surface area contributed by atoms with Crippen molar-refractivity contribution in [3.8, 4) is 17.3 Å². The summed E-state index contributed by atoms with van der Waals surface area (Å²) in [6.45, 7) is 2.06. The van der Waals surface area contributed by atoms with E-state index in [1.807, 2.05) is 56.0 Å². The van der Waals surface area contributed by atoms with E-state index in [9.17, 15) is 0 Å². The third-order valence-corrected chi connectivity index (χ3v) is 3.54. The van der Waals surface area contributed by atoms with Crippen LogP contribution < -0.4 is 4.57 Å². The lowest BCUT2D eigenvalue weighted by Crippen LogP contribution is -2.30. The van der Waals surface area contributed by atoms with Crippen LogP contribution >= 0.6 is 0 Å². The molecule has 0 radical (unpaired) electrons. The zero-order chi connectivity index (χ0) is 14.1. The Morgan fingerprint density at radius 2 is 2.05 bits per heavy atom. The summed E-state index contributed by atoms with van der Waals surface area (Å²) in [5, 5.41) is 11.2. The zero-order valence-corrected chi connectivity index (χ0v) is 11.5. The number of aromatic nitrogens is 2. The van der Waals surface area contributed by atoms with Gasteiger partial charge in [-0.3, -0.25) is 4.98 Å². The van der Waals surface area contributed by atoms with E-state index in [1.54, 1.807) is 0 Å². The van der Waals surface area contributed by atoms with Crippen molar-refractivity contribution in [1.82, 2.24) is 4.98 Å². The first-order chi connectivity index (χ1) is 9.70. The van der Waals surface area contributed by atoms with Crippen LogP contribution in [0.5, 0.6) is 0 Å². The maximum absolute atomic E-state index is 9.02. The minimum Gasteiger partial charge on any atom is -0.264 e. The van der Waals surface area contributed by atoms with Crippen LogP contribution in [-0.2, 0) is 7.05 Å². The van der Waals surface area contributed by atoms with Crippen LogP contribution in [0.1, 0.15) is 11.1 Å². The second kappa shape index (κ2) is 4.75. The summed E-state index contributed by atoms with van der Waals surface area (Å²) >= 11 is 0. The van der Waals surface area contributed by atoms with Crippen molar-refractivity contribution in [2.24, 2.45) is 7.05 Å². The standard InChI is InChI=1S/C17H14N3/c1-12-11-19-7-5-15(12)17-16-4-3-13(10-18)9-14(16)6-8-20(17)2/h3-9,11H,1-2H3/q+1. The van der Waals surface area contributed by atoms with E-state index in [0.717, 1.165) is 27.6 Å². The molecule has 0 atom stereocenters. The predicted molar refractivity (Wildman–Crippen MR) is 77.8 cm³/mol. The van der Waals surface area contributed by atoms with E-state index >= 15 is 0 Å². The van der Waals surface area contributed by atoms with Crippen LogP contribution in [0.15, 0.2) is 48.9 Å². The lowest BCUT2D eigenvalue weighted by Gasteiger charge is -2.07. The Bertz CT molecular complexity index is 844. The number of nitrogens with zero attached hydrogens (tertiary/aromatic N) is 3. The Balaban J connectivity index is 2.38. The van der Waals surface area contributed by atoms with Crippen LogP contribution in [0.3, 0.4) is 0 Å². The fraction of sp³-hybridized carbons (Fsp3) is 0.118. The summed E-state index contributed by atoms with van der Waals surface area (Å²) in [5.41, 5.74) is 4.13. The van der Waals surface area contributed by atoms with Gasteiger partial charge in [-0.25, -0.2) is 4.57 Å². The maximum atomic E-state index is 9.02. The number of hydrogen-bond acceptors (Lipinski definition) is 2. The summed E-state index contributed by atoms with van der Waals surface area (Å²) in [6, 6.07) is 12.1. The van der Waals surface area contributed by atoms with Crippen molar-refractivity contribution in [1.29, 1.82) is 5.26 Å². The lowest BCUT2D eigenvalue weighted by atomic mass is 10.00. The molecule has 3 heteroatoms. The predicted octanol–water partition coefficient (Wildman–Crippen LogP) is 2.91. The van der Waals surface area contributed by atoms with Gasteiger partial charge in [0, 0.05) is 18.5 Å². The number of fused-ring (bicyclic) bond motifs is 1. The van der Waals surface area contributed by atoms with Gasteiger partial charge in [0.1, 0.15) is 7.05 Å². The highest BCUT2D eigenvalue weighted by Crippen LogP contribution is 2.27. The highest BCUT2D eigenvalue weighted by Gasteiger charge is 2.16. The number of rotatable bonds is 1. The van der Waals surface area contributed by atoms with Crippen molar-refractivity contribution in [3.63, 3.8) is 0 Å². The first-order valence-electron chi connectivity index (χ1n) is 6.44. The number of hydrogen-bond donors (Lipinski definition) is 0. The molecule has 0 bridgehead atoms. The normalized spacial score (nSPS) is 10.4. The fourth-order valence-electron chi connectivity index (χ4n) is 2.52. The second-order valence-corrected chi connectivity index (χ2v) is 4.88.